The Labute approximate surface area is 111 Å². The lowest BCUT2D eigenvalue weighted by molar-refractivity contribution is 0.104. The highest BCUT2D eigenvalue weighted by atomic mass is 16.5. The highest BCUT2D eigenvalue weighted by Gasteiger charge is 2.02. The smallest absolute Gasteiger partial charge is 0.185 e. The van der Waals surface area contributed by atoms with Crippen molar-refractivity contribution in [1.29, 1.82) is 0 Å². The van der Waals surface area contributed by atoms with Crippen LogP contribution in [0.25, 0.3) is 6.08 Å². The Bertz CT molecular complexity index is 601. The Morgan fingerprint density at radius 3 is 2.53 bits per heavy atom. The Kier molecular flexibility index (Phi) is 3.98. The van der Waals surface area contributed by atoms with Crippen molar-refractivity contribution in [2.24, 2.45) is 0 Å². The largest absolute Gasteiger partial charge is 0.507 e. The topological polar surface area (TPSA) is 46.5 Å². The van der Waals surface area contributed by atoms with Gasteiger partial charge in [-0.15, -0.1) is 0 Å². The first-order valence-corrected chi connectivity index (χ1v) is 5.85. The van der Waals surface area contributed by atoms with E-state index in [2.05, 4.69) is 0 Å². The molecule has 2 rings (SSSR count). The molecule has 0 fully saturated rings. The van der Waals surface area contributed by atoms with Crippen LogP contribution in [0.4, 0.5) is 0 Å². The summed E-state index contributed by atoms with van der Waals surface area (Å²) in [6.07, 6.45) is 3.03. The number of methoxy groups -OCH3 is 1. The molecule has 3 heteroatoms. The second-order valence-electron chi connectivity index (χ2n) is 3.99. The highest BCUT2D eigenvalue weighted by Crippen LogP contribution is 2.24. The molecule has 0 radical (unpaired) electrons. The van der Waals surface area contributed by atoms with Crippen LogP contribution >= 0.6 is 0 Å². The Morgan fingerprint density at radius 1 is 1.16 bits per heavy atom. The number of benzene rings is 2. The Morgan fingerprint density at radius 2 is 1.89 bits per heavy atom. The zero-order valence-corrected chi connectivity index (χ0v) is 10.5. The van der Waals surface area contributed by atoms with E-state index in [0.717, 1.165) is 0 Å². The molecule has 0 saturated carbocycles. The predicted octanol–water partition coefficient (Wildman–Crippen LogP) is 3.30. The van der Waals surface area contributed by atoms with Gasteiger partial charge in [0.25, 0.3) is 0 Å². The number of rotatable bonds is 4. The lowest BCUT2D eigenvalue weighted by atomic mass is 10.1. The lowest BCUT2D eigenvalue weighted by Gasteiger charge is -2.02. The highest BCUT2D eigenvalue weighted by molar-refractivity contribution is 6.06. The summed E-state index contributed by atoms with van der Waals surface area (Å²) in [5, 5.41) is 9.76. The molecule has 0 aliphatic heterocycles. The van der Waals surface area contributed by atoms with Crippen LogP contribution in [0.15, 0.2) is 54.6 Å². The minimum Gasteiger partial charge on any atom is -0.507 e. The fourth-order valence-electron chi connectivity index (χ4n) is 1.66. The minimum absolute atomic E-state index is 0.0801. The van der Waals surface area contributed by atoms with E-state index in [0.29, 0.717) is 16.9 Å². The maximum Gasteiger partial charge on any atom is 0.185 e. The van der Waals surface area contributed by atoms with E-state index in [1.165, 1.54) is 19.3 Å². The van der Waals surface area contributed by atoms with Gasteiger partial charge in [0.15, 0.2) is 5.78 Å². The number of phenolic OH excluding ortho intramolecular Hbond substituents is 1. The van der Waals surface area contributed by atoms with Crippen molar-refractivity contribution < 1.29 is 14.6 Å². The molecule has 1 N–H and O–H groups in total. The average Bonchev–Trinajstić information content (AvgIpc) is 2.46. The first-order valence-electron chi connectivity index (χ1n) is 5.85. The number of hydrogen-bond donors (Lipinski definition) is 1. The minimum atomic E-state index is -0.101. The van der Waals surface area contributed by atoms with Gasteiger partial charge in [0.2, 0.25) is 0 Å². The van der Waals surface area contributed by atoms with Crippen molar-refractivity contribution in [3.8, 4) is 11.5 Å². The maximum absolute atomic E-state index is 11.9. The van der Waals surface area contributed by atoms with Crippen molar-refractivity contribution in [2.75, 3.05) is 7.11 Å². The van der Waals surface area contributed by atoms with Crippen molar-refractivity contribution in [2.45, 2.75) is 0 Å². The van der Waals surface area contributed by atoms with Gasteiger partial charge < -0.3 is 9.84 Å². The summed E-state index contributed by atoms with van der Waals surface area (Å²) in [6.45, 7) is 0. The van der Waals surface area contributed by atoms with Crippen LogP contribution in [-0.4, -0.2) is 18.0 Å². The fraction of sp³-hybridized carbons (Fsp3) is 0.0625. The zero-order valence-electron chi connectivity index (χ0n) is 10.5. The molecule has 0 saturated heterocycles. The molecule has 0 aliphatic rings. The first kappa shape index (κ1) is 12.9. The molecular formula is C16H14O3. The van der Waals surface area contributed by atoms with Gasteiger partial charge in [0, 0.05) is 17.2 Å². The standard InChI is InChI=1S/C16H14O3/c1-19-14-9-7-13(16(18)11-14)8-10-15(17)12-5-3-2-4-6-12/h2-11,18H,1H3/b10-8+. The van der Waals surface area contributed by atoms with Crippen LogP contribution in [0.5, 0.6) is 11.5 Å². The van der Waals surface area contributed by atoms with Gasteiger partial charge in [-0.05, 0) is 24.3 Å². The Balaban J connectivity index is 2.17. The van der Waals surface area contributed by atoms with E-state index in [-0.39, 0.29) is 11.5 Å². The molecule has 0 amide bonds. The quantitative estimate of drug-likeness (QED) is 0.672. The normalized spacial score (nSPS) is 10.6. The summed E-state index contributed by atoms with van der Waals surface area (Å²) >= 11 is 0. The average molecular weight is 254 g/mol. The van der Waals surface area contributed by atoms with E-state index in [9.17, 15) is 9.90 Å². The Hall–Kier alpha value is -2.55. The van der Waals surface area contributed by atoms with Crippen LogP contribution in [0.3, 0.4) is 0 Å². The second-order valence-corrected chi connectivity index (χ2v) is 3.99. The third-order valence-corrected chi connectivity index (χ3v) is 2.71. The number of phenols is 1. The van der Waals surface area contributed by atoms with Gasteiger partial charge in [0.1, 0.15) is 11.5 Å². The van der Waals surface area contributed by atoms with Crippen molar-refractivity contribution in [3.63, 3.8) is 0 Å². The molecule has 96 valence electrons. The number of carbonyl (C=O) groups excluding carboxylic acids is 1. The molecule has 2 aromatic carbocycles. The van der Waals surface area contributed by atoms with Crippen molar-refractivity contribution in [1.82, 2.24) is 0 Å². The summed E-state index contributed by atoms with van der Waals surface area (Å²) in [7, 11) is 1.53. The molecule has 0 spiro atoms. The van der Waals surface area contributed by atoms with Crippen LogP contribution in [0.2, 0.25) is 0 Å². The van der Waals surface area contributed by atoms with Crippen LogP contribution < -0.4 is 4.74 Å². The van der Waals surface area contributed by atoms with E-state index >= 15 is 0 Å². The summed E-state index contributed by atoms with van der Waals surface area (Å²) < 4.78 is 4.99. The maximum atomic E-state index is 11.9. The van der Waals surface area contributed by atoms with E-state index in [4.69, 9.17) is 4.74 Å². The lowest BCUT2D eigenvalue weighted by Crippen LogP contribution is -1.92. The summed E-state index contributed by atoms with van der Waals surface area (Å²) in [6, 6.07) is 13.9. The van der Waals surface area contributed by atoms with Crippen molar-refractivity contribution >= 4 is 11.9 Å². The van der Waals surface area contributed by atoms with Crippen molar-refractivity contribution in [3.05, 3.63) is 65.7 Å². The molecule has 0 unspecified atom stereocenters. The van der Waals surface area contributed by atoms with Gasteiger partial charge >= 0.3 is 0 Å². The van der Waals surface area contributed by atoms with Crippen LogP contribution in [0, 0.1) is 0 Å². The van der Waals surface area contributed by atoms with Crippen LogP contribution in [-0.2, 0) is 0 Å². The molecule has 0 heterocycles. The number of hydrogen-bond acceptors (Lipinski definition) is 3. The van der Waals surface area contributed by atoms with Gasteiger partial charge in [0.05, 0.1) is 7.11 Å². The fourth-order valence-corrected chi connectivity index (χ4v) is 1.66. The number of allylic oxidation sites excluding steroid dienone is 1. The molecule has 19 heavy (non-hydrogen) atoms. The van der Waals surface area contributed by atoms with E-state index in [1.54, 1.807) is 30.3 Å². The molecule has 0 aromatic heterocycles. The van der Waals surface area contributed by atoms with Gasteiger partial charge in [-0.1, -0.05) is 30.3 Å². The second kappa shape index (κ2) is 5.87. The third kappa shape index (κ3) is 3.22. The van der Waals surface area contributed by atoms with Gasteiger partial charge in [-0.2, -0.15) is 0 Å². The van der Waals surface area contributed by atoms with E-state index < -0.39 is 0 Å². The summed E-state index contributed by atoms with van der Waals surface area (Å²) in [5.74, 6) is 0.552. The molecule has 2 aromatic rings. The monoisotopic (exact) mass is 254 g/mol. The molecular weight excluding hydrogens is 240 g/mol. The summed E-state index contributed by atoms with van der Waals surface area (Å²) in [5.41, 5.74) is 1.19. The number of ether oxygens (including phenoxy) is 1. The van der Waals surface area contributed by atoms with E-state index in [1.807, 2.05) is 18.2 Å². The third-order valence-electron chi connectivity index (χ3n) is 2.71. The number of aromatic hydroxyl groups is 1. The molecule has 3 nitrogen and oxygen atoms in total. The molecule has 0 aliphatic carbocycles. The summed E-state index contributed by atoms with van der Waals surface area (Å²) in [4.78, 5) is 11.9. The number of carbonyl (C=O) groups is 1. The zero-order chi connectivity index (χ0) is 13.7. The predicted molar refractivity (Wildman–Crippen MR) is 74.5 cm³/mol. The first-order chi connectivity index (χ1) is 9.20. The SMILES string of the molecule is COc1ccc(/C=C/C(=O)c2ccccc2)c(O)c1. The van der Waals surface area contributed by atoms with Crippen LogP contribution in [0.1, 0.15) is 15.9 Å². The van der Waals surface area contributed by atoms with Gasteiger partial charge in [-0.25, -0.2) is 0 Å². The number of ketones is 1. The molecule has 0 bridgehead atoms. The molecule has 0 atom stereocenters. The van der Waals surface area contributed by atoms with Gasteiger partial charge in [-0.3, -0.25) is 4.79 Å².